The summed E-state index contributed by atoms with van der Waals surface area (Å²) in [7, 11) is 0. The van der Waals surface area contributed by atoms with Crippen LogP contribution in [0.5, 0.6) is 0 Å². The quantitative estimate of drug-likeness (QED) is 0.182. The molecule has 0 aromatic carbocycles. The third-order valence-corrected chi connectivity index (χ3v) is 6.34. The molecule has 172 valence electrons. The van der Waals surface area contributed by atoms with E-state index in [9.17, 15) is 0 Å². The fourth-order valence-electron chi connectivity index (χ4n) is 4.64. The molecule has 1 atom stereocenters. The molecule has 1 heterocycles. The molecule has 29 heavy (non-hydrogen) atoms. The van der Waals surface area contributed by atoms with Crippen LogP contribution >= 0.6 is 0 Å². The highest BCUT2D eigenvalue weighted by Gasteiger charge is 2.36. The molecule has 0 saturated carbocycles. The minimum absolute atomic E-state index is 0.00724. The molecule has 0 saturated heterocycles. The van der Waals surface area contributed by atoms with E-state index in [4.69, 9.17) is 4.74 Å². The van der Waals surface area contributed by atoms with Crippen molar-refractivity contribution >= 4 is 0 Å². The Bertz CT molecular complexity index is 413. The van der Waals surface area contributed by atoms with Gasteiger partial charge < -0.3 is 10.1 Å². The van der Waals surface area contributed by atoms with E-state index in [2.05, 4.69) is 52.1 Å². The van der Waals surface area contributed by atoms with Crippen molar-refractivity contribution in [3.63, 3.8) is 0 Å². The summed E-state index contributed by atoms with van der Waals surface area (Å²) in [6.07, 6.45) is 27.3. The monoisotopic (exact) mass is 407 g/mol. The lowest BCUT2D eigenvalue weighted by Crippen LogP contribution is -2.60. The van der Waals surface area contributed by atoms with Gasteiger partial charge in [0, 0.05) is 17.7 Å². The highest BCUT2D eigenvalue weighted by atomic mass is 16.5. The Morgan fingerprint density at radius 2 is 1.07 bits per heavy atom. The van der Waals surface area contributed by atoms with Crippen molar-refractivity contribution in [3.05, 3.63) is 12.2 Å². The molecule has 0 aliphatic carbocycles. The van der Waals surface area contributed by atoms with Crippen molar-refractivity contribution in [2.45, 2.75) is 155 Å². The molecule has 2 nitrogen and oxygen atoms in total. The summed E-state index contributed by atoms with van der Waals surface area (Å²) < 4.78 is 6.16. The summed E-state index contributed by atoms with van der Waals surface area (Å²) >= 11 is 0. The van der Waals surface area contributed by atoms with Gasteiger partial charge in [-0.3, -0.25) is 0 Å². The van der Waals surface area contributed by atoms with Crippen molar-refractivity contribution in [1.29, 1.82) is 0 Å². The number of hydrogen-bond acceptors (Lipinski definition) is 2. The van der Waals surface area contributed by atoms with E-state index in [-0.39, 0.29) is 17.2 Å². The van der Waals surface area contributed by atoms with E-state index in [1.807, 2.05) is 0 Å². The zero-order valence-electron chi connectivity index (χ0n) is 20.7. The molecule has 1 unspecified atom stereocenters. The second-order valence-electron chi connectivity index (χ2n) is 10.5. The van der Waals surface area contributed by atoms with Crippen LogP contribution in [-0.4, -0.2) is 23.8 Å². The Labute approximate surface area is 183 Å². The second kappa shape index (κ2) is 15.5. The molecule has 1 N–H and O–H groups in total. The first kappa shape index (κ1) is 26.7. The average molecular weight is 408 g/mol. The molecule has 0 amide bonds. The summed E-state index contributed by atoms with van der Waals surface area (Å²) in [6.45, 7) is 12.1. The average Bonchev–Trinajstić information content (AvgIpc) is 2.64. The maximum atomic E-state index is 6.16. The first-order valence-corrected chi connectivity index (χ1v) is 13.0. The predicted octanol–water partition coefficient (Wildman–Crippen LogP) is 8.35. The van der Waals surface area contributed by atoms with Crippen LogP contribution in [-0.2, 0) is 4.74 Å². The van der Waals surface area contributed by atoms with Crippen molar-refractivity contribution < 1.29 is 4.74 Å². The molecule has 0 aromatic heterocycles. The van der Waals surface area contributed by atoms with Crippen LogP contribution in [0.15, 0.2) is 12.2 Å². The van der Waals surface area contributed by atoms with Gasteiger partial charge in [-0.25, -0.2) is 0 Å². The Morgan fingerprint density at radius 1 is 0.655 bits per heavy atom. The summed E-state index contributed by atoms with van der Waals surface area (Å²) in [5.41, 5.74) is 0.0743. The summed E-state index contributed by atoms with van der Waals surface area (Å²) in [6, 6.07) is 0. The largest absolute Gasteiger partial charge is 0.372 e. The van der Waals surface area contributed by atoms with Crippen LogP contribution in [0.2, 0.25) is 0 Å². The normalized spacial score (nSPS) is 20.2. The third kappa shape index (κ3) is 13.6. The molecule has 1 aliphatic rings. The van der Waals surface area contributed by atoms with Gasteiger partial charge in [-0.2, -0.15) is 0 Å². The van der Waals surface area contributed by atoms with Crippen LogP contribution in [0.25, 0.3) is 0 Å². The van der Waals surface area contributed by atoms with Crippen LogP contribution in [0.1, 0.15) is 137 Å². The Morgan fingerprint density at radius 3 is 1.48 bits per heavy atom. The SMILES string of the molecule is CCCCCCCCCCCCCCCCCCOC1C=CC(C)(C)NC1(C)C. The molecule has 0 radical (unpaired) electrons. The summed E-state index contributed by atoms with van der Waals surface area (Å²) in [4.78, 5) is 0. The molecule has 1 rings (SSSR count). The first-order valence-electron chi connectivity index (χ1n) is 13.0. The molecule has 0 aromatic rings. The predicted molar refractivity (Wildman–Crippen MR) is 130 cm³/mol. The van der Waals surface area contributed by atoms with Crippen molar-refractivity contribution in [2.75, 3.05) is 6.61 Å². The van der Waals surface area contributed by atoms with Crippen LogP contribution in [0.4, 0.5) is 0 Å². The maximum Gasteiger partial charge on any atom is 0.0932 e. The second-order valence-corrected chi connectivity index (χ2v) is 10.5. The minimum atomic E-state index is 0.00724. The lowest BCUT2D eigenvalue weighted by Gasteiger charge is -2.43. The van der Waals surface area contributed by atoms with Crippen molar-refractivity contribution in [1.82, 2.24) is 5.32 Å². The standard InChI is InChI=1S/C27H53NO/c1-6-7-8-9-10-11-12-13-14-15-16-17-18-19-20-21-24-29-25-22-23-26(2,3)28-27(25,4)5/h22-23,25,28H,6-21,24H2,1-5H3. The molecule has 0 bridgehead atoms. The van der Waals surface area contributed by atoms with Crippen LogP contribution < -0.4 is 5.32 Å². The fourth-order valence-corrected chi connectivity index (χ4v) is 4.64. The number of hydrogen-bond donors (Lipinski definition) is 1. The van der Waals surface area contributed by atoms with Crippen LogP contribution in [0, 0.1) is 0 Å². The summed E-state index contributed by atoms with van der Waals surface area (Å²) in [5, 5.41) is 3.68. The van der Waals surface area contributed by atoms with Crippen molar-refractivity contribution in [3.8, 4) is 0 Å². The topological polar surface area (TPSA) is 21.3 Å². The van der Waals surface area contributed by atoms with E-state index < -0.39 is 0 Å². The number of unbranched alkanes of at least 4 members (excludes halogenated alkanes) is 15. The van der Waals surface area contributed by atoms with E-state index in [0.29, 0.717) is 0 Å². The zero-order chi connectivity index (χ0) is 21.4. The van der Waals surface area contributed by atoms with Gasteiger partial charge in [-0.1, -0.05) is 115 Å². The minimum Gasteiger partial charge on any atom is -0.372 e. The van der Waals surface area contributed by atoms with Gasteiger partial charge in [0.05, 0.1) is 6.10 Å². The van der Waals surface area contributed by atoms with Gasteiger partial charge in [-0.15, -0.1) is 0 Å². The molecular weight excluding hydrogens is 354 g/mol. The number of rotatable bonds is 18. The van der Waals surface area contributed by atoms with Crippen LogP contribution in [0.3, 0.4) is 0 Å². The van der Waals surface area contributed by atoms with Gasteiger partial charge in [0.25, 0.3) is 0 Å². The molecule has 0 fully saturated rings. The Kier molecular flexibility index (Phi) is 14.2. The highest BCUT2D eigenvalue weighted by molar-refractivity contribution is 5.16. The van der Waals surface area contributed by atoms with E-state index in [0.717, 1.165) is 6.61 Å². The number of ether oxygens (including phenoxy) is 1. The smallest absolute Gasteiger partial charge is 0.0932 e. The van der Waals surface area contributed by atoms with Gasteiger partial charge in [0.2, 0.25) is 0 Å². The zero-order valence-corrected chi connectivity index (χ0v) is 20.7. The van der Waals surface area contributed by atoms with E-state index >= 15 is 0 Å². The molecular formula is C27H53NO. The highest BCUT2D eigenvalue weighted by Crippen LogP contribution is 2.25. The summed E-state index contributed by atoms with van der Waals surface area (Å²) in [5.74, 6) is 0. The molecule has 2 heteroatoms. The Balaban J connectivity index is 1.84. The Hall–Kier alpha value is -0.340. The van der Waals surface area contributed by atoms with Gasteiger partial charge in [-0.05, 0) is 34.1 Å². The lowest BCUT2D eigenvalue weighted by molar-refractivity contribution is 0.0119. The van der Waals surface area contributed by atoms with Gasteiger partial charge >= 0.3 is 0 Å². The van der Waals surface area contributed by atoms with E-state index in [1.54, 1.807) is 0 Å². The van der Waals surface area contributed by atoms with Gasteiger partial charge in [0.15, 0.2) is 0 Å². The molecule has 1 aliphatic heterocycles. The van der Waals surface area contributed by atoms with Crippen molar-refractivity contribution in [2.24, 2.45) is 0 Å². The third-order valence-electron chi connectivity index (χ3n) is 6.34. The van der Waals surface area contributed by atoms with E-state index in [1.165, 1.54) is 103 Å². The fraction of sp³-hybridized carbons (Fsp3) is 0.926. The maximum absolute atomic E-state index is 6.16. The van der Waals surface area contributed by atoms with Gasteiger partial charge in [0.1, 0.15) is 0 Å². The lowest BCUT2D eigenvalue weighted by atomic mass is 9.86. The number of nitrogens with one attached hydrogen (secondary N) is 1. The first-order chi connectivity index (χ1) is 13.9. The molecule has 0 spiro atoms.